The van der Waals surface area contributed by atoms with E-state index in [0.717, 1.165) is 6.07 Å². The number of amides is 1. The molecule has 1 amide bonds. The summed E-state index contributed by atoms with van der Waals surface area (Å²) in [6.45, 7) is 0. The maximum Gasteiger partial charge on any atom is 0.335 e. The van der Waals surface area contributed by atoms with E-state index in [1.807, 2.05) is 0 Å². The van der Waals surface area contributed by atoms with Gasteiger partial charge in [-0.2, -0.15) is 0 Å². The average molecular weight is 292 g/mol. The zero-order valence-corrected chi connectivity index (χ0v) is 10.7. The molecule has 8 heteroatoms. The molecule has 1 heterocycles. The summed E-state index contributed by atoms with van der Waals surface area (Å²) >= 11 is 1.20. The lowest BCUT2D eigenvalue weighted by Crippen LogP contribution is -2.12. The van der Waals surface area contributed by atoms with Crippen molar-refractivity contribution in [1.29, 1.82) is 0 Å². The Balaban J connectivity index is 2.34. The molecule has 1 aromatic heterocycles. The van der Waals surface area contributed by atoms with Crippen molar-refractivity contribution in [2.75, 3.05) is 5.32 Å². The highest BCUT2D eigenvalue weighted by molar-refractivity contribution is 7.12. The van der Waals surface area contributed by atoms with Gasteiger partial charge in [-0.25, -0.2) is 4.79 Å². The monoisotopic (exact) mass is 292 g/mol. The number of carbonyl (C=O) groups is 2. The molecular formula is C12H8N2O5S. The fraction of sp³-hybridized carbons (Fsp3) is 0. The van der Waals surface area contributed by atoms with Gasteiger partial charge in [-0.1, -0.05) is 6.07 Å². The largest absolute Gasteiger partial charge is 0.478 e. The second-order valence-electron chi connectivity index (χ2n) is 3.73. The number of nitrogens with zero attached hydrogens (tertiary/aromatic N) is 1. The van der Waals surface area contributed by atoms with Crippen LogP contribution in [0.4, 0.5) is 11.4 Å². The van der Waals surface area contributed by atoms with Gasteiger partial charge in [0.2, 0.25) is 0 Å². The van der Waals surface area contributed by atoms with Gasteiger partial charge in [-0.15, -0.1) is 11.3 Å². The molecule has 1 aromatic carbocycles. The summed E-state index contributed by atoms with van der Waals surface area (Å²) < 4.78 is 0. The summed E-state index contributed by atoms with van der Waals surface area (Å²) in [6.07, 6.45) is 0. The van der Waals surface area contributed by atoms with Crippen molar-refractivity contribution in [2.24, 2.45) is 0 Å². The van der Waals surface area contributed by atoms with Crippen LogP contribution in [0.25, 0.3) is 0 Å². The number of nitrogens with one attached hydrogen (secondary N) is 1. The Bertz CT molecular complexity index is 681. The summed E-state index contributed by atoms with van der Waals surface area (Å²) in [7, 11) is 0. The molecule has 20 heavy (non-hydrogen) atoms. The van der Waals surface area contributed by atoms with Gasteiger partial charge in [0.05, 0.1) is 15.4 Å². The predicted octanol–water partition coefficient (Wildman–Crippen LogP) is 2.61. The molecule has 0 spiro atoms. The van der Waals surface area contributed by atoms with Gasteiger partial charge in [0.25, 0.3) is 11.6 Å². The fourth-order valence-corrected chi connectivity index (χ4v) is 2.13. The maximum absolute atomic E-state index is 11.8. The molecule has 102 valence electrons. The number of carboxylic acids is 1. The standard InChI is InChI=1S/C12H8N2O5S/c15-11(10-2-1-5-20-10)13-8-4-3-7(12(16)17)6-9(8)14(18)19/h1-6H,(H,13,15)(H,16,17). The van der Waals surface area contributed by atoms with Crippen LogP contribution in [0.2, 0.25) is 0 Å². The maximum atomic E-state index is 11.8. The number of hydrogen-bond donors (Lipinski definition) is 2. The van der Waals surface area contributed by atoms with E-state index in [1.54, 1.807) is 17.5 Å². The topological polar surface area (TPSA) is 110 Å². The van der Waals surface area contributed by atoms with Crippen LogP contribution in [0.1, 0.15) is 20.0 Å². The van der Waals surface area contributed by atoms with Crippen LogP contribution in [-0.2, 0) is 0 Å². The molecular weight excluding hydrogens is 284 g/mol. The number of anilines is 1. The van der Waals surface area contributed by atoms with E-state index in [2.05, 4.69) is 5.32 Å². The van der Waals surface area contributed by atoms with Crippen molar-refractivity contribution in [3.8, 4) is 0 Å². The van der Waals surface area contributed by atoms with Gasteiger partial charge in [0, 0.05) is 6.07 Å². The zero-order valence-electron chi connectivity index (χ0n) is 9.90. The summed E-state index contributed by atoms with van der Waals surface area (Å²) in [4.78, 5) is 33.2. The van der Waals surface area contributed by atoms with Crippen LogP contribution in [0, 0.1) is 10.1 Å². The molecule has 0 saturated carbocycles. The lowest BCUT2D eigenvalue weighted by Gasteiger charge is -2.05. The van der Waals surface area contributed by atoms with E-state index in [1.165, 1.54) is 23.5 Å². The smallest absolute Gasteiger partial charge is 0.335 e. The fourth-order valence-electron chi connectivity index (χ4n) is 1.51. The van der Waals surface area contributed by atoms with E-state index < -0.39 is 22.5 Å². The van der Waals surface area contributed by atoms with Crippen molar-refractivity contribution in [1.82, 2.24) is 0 Å². The molecule has 0 aliphatic heterocycles. The molecule has 0 bridgehead atoms. The normalized spacial score (nSPS) is 10.0. The third kappa shape index (κ3) is 2.81. The second-order valence-corrected chi connectivity index (χ2v) is 4.67. The van der Waals surface area contributed by atoms with Gasteiger partial charge in [0.1, 0.15) is 5.69 Å². The Kier molecular flexibility index (Phi) is 3.76. The van der Waals surface area contributed by atoms with Gasteiger partial charge < -0.3 is 10.4 Å². The van der Waals surface area contributed by atoms with Gasteiger partial charge in [-0.3, -0.25) is 14.9 Å². The average Bonchev–Trinajstić information content (AvgIpc) is 2.92. The van der Waals surface area contributed by atoms with Crippen molar-refractivity contribution in [2.45, 2.75) is 0 Å². The van der Waals surface area contributed by atoms with Gasteiger partial charge in [-0.05, 0) is 23.6 Å². The third-order valence-electron chi connectivity index (χ3n) is 2.43. The van der Waals surface area contributed by atoms with Gasteiger partial charge in [0.15, 0.2) is 0 Å². The van der Waals surface area contributed by atoms with Crippen LogP contribution in [0.15, 0.2) is 35.7 Å². The molecule has 2 rings (SSSR count). The molecule has 0 radical (unpaired) electrons. The lowest BCUT2D eigenvalue weighted by molar-refractivity contribution is -0.383. The predicted molar refractivity (Wildman–Crippen MR) is 72.3 cm³/mol. The number of hydrogen-bond acceptors (Lipinski definition) is 5. The number of benzene rings is 1. The lowest BCUT2D eigenvalue weighted by atomic mass is 10.1. The van der Waals surface area contributed by atoms with E-state index in [4.69, 9.17) is 5.11 Å². The van der Waals surface area contributed by atoms with E-state index in [0.29, 0.717) is 4.88 Å². The van der Waals surface area contributed by atoms with Crippen LogP contribution < -0.4 is 5.32 Å². The number of aromatic carboxylic acids is 1. The minimum Gasteiger partial charge on any atom is -0.478 e. The van der Waals surface area contributed by atoms with E-state index >= 15 is 0 Å². The SMILES string of the molecule is O=C(O)c1ccc(NC(=O)c2cccs2)c([N+](=O)[O-])c1. The Labute approximate surface area is 116 Å². The molecule has 2 aromatic rings. The summed E-state index contributed by atoms with van der Waals surface area (Å²) in [5.41, 5.74) is -0.723. The van der Waals surface area contributed by atoms with Crippen LogP contribution in [0.3, 0.4) is 0 Å². The Morgan fingerprint density at radius 3 is 2.60 bits per heavy atom. The van der Waals surface area contributed by atoms with Gasteiger partial charge >= 0.3 is 5.97 Å². The molecule has 2 N–H and O–H groups in total. The quantitative estimate of drug-likeness (QED) is 0.665. The van der Waals surface area contributed by atoms with Crippen LogP contribution in [-0.4, -0.2) is 21.9 Å². The molecule has 0 unspecified atom stereocenters. The van der Waals surface area contributed by atoms with Crippen LogP contribution in [0.5, 0.6) is 0 Å². The highest BCUT2D eigenvalue weighted by Crippen LogP contribution is 2.26. The number of carboxylic acid groups (broad SMARTS) is 1. The van der Waals surface area contributed by atoms with Crippen molar-refractivity contribution >= 4 is 34.6 Å². The third-order valence-corrected chi connectivity index (χ3v) is 3.30. The summed E-state index contributed by atoms with van der Waals surface area (Å²) in [5.74, 6) is -1.75. The van der Waals surface area contributed by atoms with Crippen LogP contribution >= 0.6 is 11.3 Å². The first-order chi connectivity index (χ1) is 9.49. The first kappa shape index (κ1) is 13.7. The minimum atomic E-state index is -1.27. The molecule has 0 saturated heterocycles. The number of nitro benzene ring substituents is 1. The number of thiophene rings is 1. The molecule has 0 atom stereocenters. The molecule has 0 aliphatic carbocycles. The minimum absolute atomic E-state index is 0.0431. The van der Waals surface area contributed by atoms with E-state index in [-0.39, 0.29) is 11.3 Å². The Hall–Kier alpha value is -2.74. The Morgan fingerprint density at radius 1 is 1.30 bits per heavy atom. The van der Waals surface area contributed by atoms with Crippen molar-refractivity contribution in [3.63, 3.8) is 0 Å². The van der Waals surface area contributed by atoms with Crippen molar-refractivity contribution < 1.29 is 19.6 Å². The molecule has 0 fully saturated rings. The highest BCUT2D eigenvalue weighted by atomic mass is 32.1. The first-order valence-electron chi connectivity index (χ1n) is 5.35. The second kappa shape index (κ2) is 5.49. The molecule has 7 nitrogen and oxygen atoms in total. The number of rotatable bonds is 4. The number of nitro groups is 1. The number of carbonyl (C=O) groups excluding carboxylic acids is 1. The summed E-state index contributed by atoms with van der Waals surface area (Å²) in [6, 6.07) is 6.57. The Morgan fingerprint density at radius 2 is 2.05 bits per heavy atom. The molecule has 0 aliphatic rings. The van der Waals surface area contributed by atoms with Crippen molar-refractivity contribution in [3.05, 3.63) is 56.3 Å². The zero-order chi connectivity index (χ0) is 14.7. The highest BCUT2D eigenvalue weighted by Gasteiger charge is 2.19. The summed E-state index contributed by atoms with van der Waals surface area (Å²) in [5, 5.41) is 23.8. The first-order valence-corrected chi connectivity index (χ1v) is 6.23. The van der Waals surface area contributed by atoms with E-state index in [9.17, 15) is 19.7 Å².